The van der Waals surface area contributed by atoms with Gasteiger partial charge in [-0.15, -0.1) is 0 Å². The fourth-order valence-electron chi connectivity index (χ4n) is 1.41. The van der Waals surface area contributed by atoms with Gasteiger partial charge in [-0.1, -0.05) is 0 Å². The minimum Gasteiger partial charge on any atom is -0.497 e. The Balaban J connectivity index is 3.23. The van der Waals surface area contributed by atoms with Crippen molar-refractivity contribution in [2.24, 2.45) is 0 Å². The summed E-state index contributed by atoms with van der Waals surface area (Å²) >= 11 is 0. The monoisotopic (exact) mass is 305 g/mol. The molecule has 0 radical (unpaired) electrons. The molecule has 0 amide bonds. The van der Waals surface area contributed by atoms with E-state index >= 15 is 0 Å². The lowest BCUT2D eigenvalue weighted by Gasteiger charge is -2.15. The summed E-state index contributed by atoms with van der Waals surface area (Å²) in [5.41, 5.74) is 0. The van der Waals surface area contributed by atoms with E-state index in [1.807, 2.05) is 4.72 Å². The second-order valence-electron chi connectivity index (χ2n) is 3.71. The first-order chi connectivity index (χ1) is 9.35. The highest BCUT2D eigenvalue weighted by Gasteiger charge is 2.27. The fourth-order valence-corrected chi connectivity index (χ4v) is 2.77. The quantitative estimate of drug-likeness (QED) is 0.616. The van der Waals surface area contributed by atoms with Crippen LogP contribution in [-0.4, -0.2) is 51.5 Å². The Bertz CT molecular complexity index is 584. The lowest BCUT2D eigenvalue weighted by Crippen LogP contribution is -2.43. The highest BCUT2D eigenvalue weighted by Crippen LogP contribution is 2.28. The van der Waals surface area contributed by atoms with Gasteiger partial charge in [0.2, 0.25) is 10.0 Å². The average molecular weight is 305 g/mol. The number of methoxy groups -OCH3 is 2. The van der Waals surface area contributed by atoms with Gasteiger partial charge in [-0.25, -0.2) is 8.42 Å². The van der Waals surface area contributed by atoms with Crippen molar-refractivity contribution >= 4 is 16.0 Å². The van der Waals surface area contributed by atoms with Crippen LogP contribution in [0.4, 0.5) is 0 Å². The maximum atomic E-state index is 12.1. The van der Waals surface area contributed by atoms with Crippen LogP contribution in [0.15, 0.2) is 23.1 Å². The molecule has 1 atom stereocenters. The highest BCUT2D eigenvalue weighted by atomic mass is 32.2. The van der Waals surface area contributed by atoms with E-state index in [4.69, 9.17) is 19.7 Å². The molecule has 0 aromatic heterocycles. The SMILES string of the molecule is COc1ccc(OC)c(S(=O)(=O)NC(CO)C(=O)O)c1. The van der Waals surface area contributed by atoms with Crippen LogP contribution >= 0.6 is 0 Å². The predicted molar refractivity (Wildman–Crippen MR) is 68.4 cm³/mol. The number of rotatable bonds is 7. The van der Waals surface area contributed by atoms with Crippen LogP contribution in [0, 0.1) is 0 Å². The third kappa shape index (κ3) is 3.59. The first kappa shape index (κ1) is 16.2. The Morgan fingerprint density at radius 3 is 2.45 bits per heavy atom. The zero-order valence-electron chi connectivity index (χ0n) is 10.9. The van der Waals surface area contributed by atoms with Gasteiger partial charge >= 0.3 is 5.97 Å². The van der Waals surface area contributed by atoms with Gasteiger partial charge in [0.25, 0.3) is 0 Å². The van der Waals surface area contributed by atoms with Gasteiger partial charge < -0.3 is 19.7 Å². The van der Waals surface area contributed by atoms with Gasteiger partial charge in [-0.05, 0) is 12.1 Å². The van der Waals surface area contributed by atoms with E-state index in [1.54, 1.807) is 0 Å². The highest BCUT2D eigenvalue weighted by molar-refractivity contribution is 7.89. The molecule has 1 unspecified atom stereocenters. The first-order valence-corrected chi connectivity index (χ1v) is 6.92. The van der Waals surface area contributed by atoms with E-state index in [0.717, 1.165) is 0 Å². The van der Waals surface area contributed by atoms with Gasteiger partial charge in [0.1, 0.15) is 22.4 Å². The summed E-state index contributed by atoms with van der Waals surface area (Å²) in [5.74, 6) is -1.19. The smallest absolute Gasteiger partial charge is 0.324 e. The van der Waals surface area contributed by atoms with Crippen molar-refractivity contribution < 1.29 is 32.9 Å². The first-order valence-electron chi connectivity index (χ1n) is 5.43. The van der Waals surface area contributed by atoms with Gasteiger partial charge in [0.05, 0.1) is 20.8 Å². The number of sulfonamides is 1. The number of hydrogen-bond donors (Lipinski definition) is 3. The Morgan fingerprint density at radius 1 is 1.35 bits per heavy atom. The molecule has 0 aliphatic heterocycles. The van der Waals surface area contributed by atoms with Crippen LogP contribution in [-0.2, 0) is 14.8 Å². The van der Waals surface area contributed by atoms with Crippen LogP contribution in [0.2, 0.25) is 0 Å². The molecule has 0 aliphatic rings. The number of ether oxygens (including phenoxy) is 2. The van der Waals surface area contributed by atoms with Crippen molar-refractivity contribution in [3.8, 4) is 11.5 Å². The van der Waals surface area contributed by atoms with Crippen LogP contribution in [0.3, 0.4) is 0 Å². The number of benzene rings is 1. The average Bonchev–Trinajstić information content (AvgIpc) is 2.43. The van der Waals surface area contributed by atoms with Crippen LogP contribution < -0.4 is 14.2 Å². The molecule has 0 heterocycles. The van der Waals surface area contributed by atoms with Gasteiger partial charge in [-0.3, -0.25) is 4.79 Å². The molecule has 0 fully saturated rings. The molecular weight excluding hydrogens is 290 g/mol. The zero-order valence-corrected chi connectivity index (χ0v) is 11.7. The molecule has 0 saturated carbocycles. The molecule has 1 rings (SSSR count). The molecular formula is C11H15NO7S. The van der Waals surface area contributed by atoms with Crippen molar-refractivity contribution in [3.63, 3.8) is 0 Å². The predicted octanol–water partition coefficient (Wildman–Crippen LogP) is -0.572. The number of aliphatic hydroxyl groups is 1. The van der Waals surface area contributed by atoms with Crippen LogP contribution in [0.5, 0.6) is 11.5 Å². The van der Waals surface area contributed by atoms with Crippen molar-refractivity contribution in [2.75, 3.05) is 20.8 Å². The molecule has 112 valence electrons. The molecule has 0 saturated heterocycles. The molecule has 0 bridgehead atoms. The van der Waals surface area contributed by atoms with Crippen molar-refractivity contribution in [3.05, 3.63) is 18.2 Å². The largest absolute Gasteiger partial charge is 0.497 e. The number of nitrogens with one attached hydrogen (secondary N) is 1. The molecule has 1 aromatic rings. The molecule has 0 spiro atoms. The standard InChI is InChI=1S/C11H15NO7S/c1-18-7-3-4-9(19-2)10(5-7)20(16,17)12-8(6-13)11(14)15/h3-5,8,12-13H,6H2,1-2H3,(H,14,15). The Labute approximate surface area is 116 Å². The summed E-state index contributed by atoms with van der Waals surface area (Å²) in [6, 6.07) is 2.42. The summed E-state index contributed by atoms with van der Waals surface area (Å²) in [4.78, 5) is 10.5. The summed E-state index contributed by atoms with van der Waals surface area (Å²) in [5, 5.41) is 17.6. The third-order valence-electron chi connectivity index (χ3n) is 2.44. The normalized spacial score (nSPS) is 12.8. The summed E-state index contributed by atoms with van der Waals surface area (Å²) < 4.78 is 36.0. The summed E-state index contributed by atoms with van der Waals surface area (Å²) in [7, 11) is -1.55. The van der Waals surface area contributed by atoms with Crippen LogP contribution in [0.1, 0.15) is 0 Å². The second kappa shape index (κ2) is 6.55. The maximum absolute atomic E-state index is 12.1. The summed E-state index contributed by atoms with van der Waals surface area (Å²) in [6.07, 6.45) is 0. The van der Waals surface area contributed by atoms with Gasteiger partial charge in [0, 0.05) is 6.07 Å². The zero-order chi connectivity index (χ0) is 15.3. The minimum absolute atomic E-state index is 0.0281. The molecule has 0 aliphatic carbocycles. The molecule has 3 N–H and O–H groups in total. The molecule has 8 nitrogen and oxygen atoms in total. The Morgan fingerprint density at radius 2 is 2.00 bits per heavy atom. The lowest BCUT2D eigenvalue weighted by atomic mass is 10.3. The summed E-state index contributed by atoms with van der Waals surface area (Å²) in [6.45, 7) is -0.874. The van der Waals surface area contributed by atoms with E-state index in [-0.39, 0.29) is 16.4 Å². The molecule has 20 heavy (non-hydrogen) atoms. The Hall–Kier alpha value is -1.84. The third-order valence-corrected chi connectivity index (χ3v) is 3.93. The molecule has 9 heteroatoms. The van der Waals surface area contributed by atoms with Gasteiger partial charge in [-0.2, -0.15) is 4.72 Å². The minimum atomic E-state index is -4.19. The van der Waals surface area contributed by atoms with Gasteiger partial charge in [0.15, 0.2) is 0 Å². The topological polar surface area (TPSA) is 122 Å². The van der Waals surface area contributed by atoms with E-state index in [1.165, 1.54) is 32.4 Å². The number of hydrogen-bond acceptors (Lipinski definition) is 6. The number of aliphatic carboxylic acids is 1. The maximum Gasteiger partial charge on any atom is 0.324 e. The van der Waals surface area contributed by atoms with E-state index < -0.39 is 28.6 Å². The van der Waals surface area contributed by atoms with Crippen molar-refractivity contribution in [1.29, 1.82) is 0 Å². The van der Waals surface area contributed by atoms with E-state index in [0.29, 0.717) is 0 Å². The van der Waals surface area contributed by atoms with E-state index in [2.05, 4.69) is 0 Å². The number of carboxylic acid groups (broad SMARTS) is 1. The van der Waals surface area contributed by atoms with Crippen molar-refractivity contribution in [1.82, 2.24) is 4.72 Å². The van der Waals surface area contributed by atoms with E-state index in [9.17, 15) is 13.2 Å². The Kier molecular flexibility index (Phi) is 5.31. The fraction of sp³-hybridized carbons (Fsp3) is 0.364. The second-order valence-corrected chi connectivity index (χ2v) is 5.39. The number of carbonyl (C=O) groups is 1. The number of carboxylic acids is 1. The van der Waals surface area contributed by atoms with Crippen molar-refractivity contribution in [2.45, 2.75) is 10.9 Å². The lowest BCUT2D eigenvalue weighted by molar-refractivity contribution is -0.139. The molecule has 1 aromatic carbocycles. The van der Waals surface area contributed by atoms with Crippen LogP contribution in [0.25, 0.3) is 0 Å². The number of aliphatic hydroxyl groups excluding tert-OH is 1.